The van der Waals surface area contributed by atoms with Crippen molar-refractivity contribution in [2.75, 3.05) is 14.2 Å². The van der Waals surface area contributed by atoms with Crippen LogP contribution in [0.4, 0.5) is 4.39 Å². The van der Waals surface area contributed by atoms with Crippen molar-refractivity contribution in [2.45, 2.75) is 51.6 Å². The third-order valence-electron chi connectivity index (χ3n) is 6.34. The Balaban J connectivity index is 1.86. The number of hydrogen-bond donors (Lipinski definition) is 1. The van der Waals surface area contributed by atoms with Crippen LogP contribution in [0.3, 0.4) is 0 Å². The highest BCUT2D eigenvalue weighted by Gasteiger charge is 2.50. The number of hydrogen-bond acceptors (Lipinski definition) is 6. The van der Waals surface area contributed by atoms with Crippen molar-refractivity contribution in [1.82, 2.24) is 10.0 Å². The summed E-state index contributed by atoms with van der Waals surface area (Å²) >= 11 is 1.44. The number of carbonyl (C=O) groups is 1. The molecule has 1 heterocycles. The second kappa shape index (κ2) is 12.2. The zero-order valence-corrected chi connectivity index (χ0v) is 24.0. The van der Waals surface area contributed by atoms with Gasteiger partial charge in [0.05, 0.1) is 19.4 Å². The first kappa shape index (κ1) is 28.9. The smallest absolute Gasteiger partial charge is 0.283 e. The largest absolute Gasteiger partial charge is 0.401 e. The lowest BCUT2D eigenvalue weighted by Crippen LogP contribution is -2.66. The van der Waals surface area contributed by atoms with Gasteiger partial charge in [0.25, 0.3) is 14.2 Å². The van der Waals surface area contributed by atoms with E-state index in [0.29, 0.717) is 12.3 Å². The van der Waals surface area contributed by atoms with Gasteiger partial charge in [0.15, 0.2) is 0 Å². The summed E-state index contributed by atoms with van der Waals surface area (Å²) < 4.78 is 21.4. The van der Waals surface area contributed by atoms with Gasteiger partial charge in [-0.25, -0.2) is 14.4 Å². The summed E-state index contributed by atoms with van der Waals surface area (Å²) in [6, 6.07) is 20.8. The SMILES string of the molecule is CON(C)C(=O)C(F)[C@@H](O)/C(C)=C/c1csc(CO[Si](c2ccccc2)(c2ccccc2)C(C)(C)C)n1. The van der Waals surface area contributed by atoms with Crippen LogP contribution in [0.25, 0.3) is 6.08 Å². The predicted molar refractivity (Wildman–Crippen MR) is 149 cm³/mol. The summed E-state index contributed by atoms with van der Waals surface area (Å²) in [4.78, 5) is 21.3. The number of nitrogens with zero attached hydrogens (tertiary/aromatic N) is 2. The van der Waals surface area contributed by atoms with Gasteiger partial charge in [-0.2, -0.15) is 0 Å². The normalized spacial score (nSPS) is 14.3. The molecule has 37 heavy (non-hydrogen) atoms. The lowest BCUT2D eigenvalue weighted by molar-refractivity contribution is -0.177. The molecule has 1 amide bonds. The molecule has 0 radical (unpaired) electrons. The Morgan fingerprint density at radius 1 is 1.14 bits per heavy atom. The molecule has 1 aromatic heterocycles. The van der Waals surface area contributed by atoms with Crippen LogP contribution in [0.2, 0.25) is 5.04 Å². The number of aliphatic hydroxyl groups excluding tert-OH is 1. The van der Waals surface area contributed by atoms with Crippen LogP contribution >= 0.6 is 11.3 Å². The Bertz CT molecular complexity index is 1160. The second-order valence-corrected chi connectivity index (χ2v) is 15.1. The third-order valence-corrected chi connectivity index (χ3v) is 12.2. The zero-order valence-electron chi connectivity index (χ0n) is 22.1. The minimum Gasteiger partial charge on any atom is -0.401 e. The van der Waals surface area contributed by atoms with E-state index < -0.39 is 26.5 Å². The number of carbonyl (C=O) groups excluding carboxylic acids is 1. The highest BCUT2D eigenvalue weighted by Crippen LogP contribution is 2.37. The van der Waals surface area contributed by atoms with Gasteiger partial charge in [-0.05, 0) is 34.0 Å². The summed E-state index contributed by atoms with van der Waals surface area (Å²) in [6.07, 6.45) is -2.17. The fraction of sp³-hybridized carbons (Fsp3) is 0.357. The number of amides is 1. The van der Waals surface area contributed by atoms with Crippen molar-refractivity contribution in [3.05, 3.63) is 82.3 Å². The minimum atomic E-state index is -2.71. The molecule has 3 rings (SSSR count). The van der Waals surface area contributed by atoms with Gasteiger partial charge in [-0.1, -0.05) is 81.4 Å². The Morgan fingerprint density at radius 2 is 1.68 bits per heavy atom. The van der Waals surface area contributed by atoms with Crippen LogP contribution in [-0.2, 0) is 20.7 Å². The second-order valence-electron chi connectivity index (χ2n) is 9.87. The van der Waals surface area contributed by atoms with E-state index in [4.69, 9.17) is 9.26 Å². The molecule has 198 valence electrons. The molecule has 0 saturated heterocycles. The number of aromatic nitrogens is 1. The number of benzene rings is 2. The number of alkyl halides is 1. The van der Waals surface area contributed by atoms with Crippen LogP contribution in [0.15, 0.2) is 71.6 Å². The summed E-state index contributed by atoms with van der Waals surface area (Å²) in [6.45, 7) is 8.53. The molecule has 0 aliphatic rings. The Kier molecular flexibility index (Phi) is 9.55. The molecule has 1 unspecified atom stereocenters. The van der Waals surface area contributed by atoms with Crippen LogP contribution in [0.5, 0.6) is 0 Å². The molecule has 9 heteroatoms. The fourth-order valence-electron chi connectivity index (χ4n) is 4.34. The fourth-order valence-corrected chi connectivity index (χ4v) is 9.61. The highest BCUT2D eigenvalue weighted by molar-refractivity contribution is 7.09. The van der Waals surface area contributed by atoms with Gasteiger partial charge in [0.1, 0.15) is 11.1 Å². The van der Waals surface area contributed by atoms with Crippen molar-refractivity contribution in [2.24, 2.45) is 0 Å². The molecular formula is C28H35FN2O4SSi. The maximum Gasteiger partial charge on any atom is 0.283 e. The first-order valence-electron chi connectivity index (χ1n) is 12.0. The number of halogens is 1. The first-order valence-corrected chi connectivity index (χ1v) is 14.8. The Labute approximate surface area is 223 Å². The summed E-state index contributed by atoms with van der Waals surface area (Å²) in [5, 5.41) is 15.9. The molecule has 0 fully saturated rings. The molecule has 0 aliphatic carbocycles. The van der Waals surface area contributed by atoms with Crippen LogP contribution in [-0.4, -0.2) is 55.8 Å². The average Bonchev–Trinajstić information content (AvgIpc) is 3.34. The van der Waals surface area contributed by atoms with Gasteiger partial charge in [0.2, 0.25) is 6.17 Å². The van der Waals surface area contributed by atoms with Crippen LogP contribution in [0.1, 0.15) is 38.4 Å². The highest BCUT2D eigenvalue weighted by atomic mass is 32.1. The van der Waals surface area contributed by atoms with Crippen molar-refractivity contribution in [3.63, 3.8) is 0 Å². The van der Waals surface area contributed by atoms with E-state index in [1.54, 1.807) is 13.0 Å². The molecule has 3 aromatic rings. The number of aliphatic hydroxyl groups is 1. The van der Waals surface area contributed by atoms with Crippen LogP contribution < -0.4 is 10.4 Å². The third kappa shape index (κ3) is 6.42. The maximum atomic E-state index is 14.5. The molecule has 0 spiro atoms. The van der Waals surface area contributed by atoms with Gasteiger partial charge in [-0.3, -0.25) is 9.63 Å². The zero-order chi connectivity index (χ0) is 27.2. The molecule has 2 aromatic carbocycles. The predicted octanol–water partition coefficient (Wildman–Crippen LogP) is 4.34. The number of rotatable bonds is 10. The lowest BCUT2D eigenvalue weighted by Gasteiger charge is -2.42. The standard InChI is InChI=1S/C28H35FN2O4SSi/c1-20(26(32)25(29)27(33)31(5)34-6)17-21-19-36-24(30-21)18-35-37(28(2,3)4,22-13-9-7-10-14-22)23-15-11-8-12-16-23/h7-17,19,25-26,32H,18H2,1-6H3/b20-17+/t25?,26-/m0/s1. The van der Waals surface area contributed by atoms with E-state index >= 15 is 0 Å². The van der Waals surface area contributed by atoms with E-state index in [0.717, 1.165) is 10.1 Å². The Morgan fingerprint density at radius 3 is 2.16 bits per heavy atom. The Hall–Kier alpha value is -2.69. The van der Waals surface area contributed by atoms with Crippen molar-refractivity contribution >= 4 is 42.0 Å². The summed E-state index contributed by atoms with van der Waals surface area (Å²) in [7, 11) is -0.161. The summed E-state index contributed by atoms with van der Waals surface area (Å²) in [5.41, 5.74) is 0.859. The molecule has 0 bridgehead atoms. The number of hydroxylamine groups is 2. The van der Waals surface area contributed by atoms with Gasteiger partial charge in [0, 0.05) is 12.4 Å². The molecular weight excluding hydrogens is 507 g/mol. The molecule has 2 atom stereocenters. The quantitative estimate of drug-likeness (QED) is 0.305. The topological polar surface area (TPSA) is 71.9 Å². The van der Waals surface area contributed by atoms with E-state index in [-0.39, 0.29) is 10.6 Å². The van der Waals surface area contributed by atoms with Gasteiger partial charge < -0.3 is 9.53 Å². The van der Waals surface area contributed by atoms with Crippen molar-refractivity contribution in [1.29, 1.82) is 0 Å². The van der Waals surface area contributed by atoms with Gasteiger partial charge in [-0.15, -0.1) is 11.3 Å². The molecule has 0 saturated carbocycles. The van der Waals surface area contributed by atoms with Crippen molar-refractivity contribution < 1.29 is 23.6 Å². The van der Waals surface area contributed by atoms with Crippen LogP contribution in [0, 0.1) is 0 Å². The average molecular weight is 543 g/mol. The molecule has 6 nitrogen and oxygen atoms in total. The van der Waals surface area contributed by atoms with E-state index in [2.05, 4.69) is 50.0 Å². The monoisotopic (exact) mass is 542 g/mol. The number of thiazole rings is 1. The van der Waals surface area contributed by atoms with Gasteiger partial charge >= 0.3 is 0 Å². The van der Waals surface area contributed by atoms with E-state index in [1.807, 2.05) is 41.8 Å². The lowest BCUT2D eigenvalue weighted by atomic mass is 10.1. The maximum absolute atomic E-state index is 14.5. The van der Waals surface area contributed by atoms with E-state index in [9.17, 15) is 14.3 Å². The van der Waals surface area contributed by atoms with Crippen molar-refractivity contribution in [3.8, 4) is 0 Å². The summed E-state index contributed by atoms with van der Waals surface area (Å²) in [5.74, 6) is -0.958. The van der Waals surface area contributed by atoms with E-state index in [1.165, 1.54) is 35.9 Å². The first-order chi connectivity index (χ1) is 17.5. The molecule has 0 aliphatic heterocycles. The molecule has 1 N–H and O–H groups in total. The minimum absolute atomic E-state index is 0.158.